The maximum absolute atomic E-state index is 3.77. The fourth-order valence-corrected chi connectivity index (χ4v) is 4.44. The van der Waals surface area contributed by atoms with Crippen LogP contribution in [-0.2, 0) is 0 Å². The summed E-state index contributed by atoms with van der Waals surface area (Å²) in [7, 11) is 0. The molecule has 1 aliphatic carbocycles. The maximum atomic E-state index is 3.77. The summed E-state index contributed by atoms with van der Waals surface area (Å²) >= 11 is 2.13. The van der Waals surface area contributed by atoms with Gasteiger partial charge in [0, 0.05) is 6.04 Å². The Labute approximate surface area is 86.0 Å². The molecule has 2 aliphatic rings. The van der Waals surface area contributed by atoms with Crippen LogP contribution in [-0.4, -0.2) is 16.7 Å². The zero-order chi connectivity index (χ0) is 9.69. The Hall–Kier alpha value is 0.310. The molecule has 0 aromatic carbocycles. The molecule has 1 saturated carbocycles. The summed E-state index contributed by atoms with van der Waals surface area (Å²) < 4.78 is 0. The van der Waals surface area contributed by atoms with E-state index in [0.29, 0.717) is 16.3 Å². The summed E-state index contributed by atoms with van der Waals surface area (Å²) in [5.74, 6) is 2.21. The SMILES string of the molecule is CC1CCSC(C)(C2CC2(C)C)N1. The van der Waals surface area contributed by atoms with Crippen molar-refractivity contribution < 1.29 is 0 Å². The van der Waals surface area contributed by atoms with E-state index in [1.807, 2.05) is 0 Å². The number of hydrogen-bond acceptors (Lipinski definition) is 2. The first-order valence-electron chi connectivity index (χ1n) is 5.36. The highest BCUT2D eigenvalue weighted by atomic mass is 32.2. The molecule has 2 rings (SSSR count). The highest BCUT2D eigenvalue weighted by molar-refractivity contribution is 8.00. The zero-order valence-corrected chi connectivity index (χ0v) is 10.0. The molecule has 3 unspecified atom stereocenters. The van der Waals surface area contributed by atoms with Crippen molar-refractivity contribution in [3.8, 4) is 0 Å². The van der Waals surface area contributed by atoms with Gasteiger partial charge in [-0.2, -0.15) is 0 Å². The van der Waals surface area contributed by atoms with Crippen molar-refractivity contribution in [2.45, 2.75) is 51.4 Å². The van der Waals surface area contributed by atoms with Gasteiger partial charge in [-0.1, -0.05) is 13.8 Å². The molecule has 0 aromatic heterocycles. The largest absolute Gasteiger partial charge is 0.300 e. The van der Waals surface area contributed by atoms with E-state index in [4.69, 9.17) is 0 Å². The molecule has 13 heavy (non-hydrogen) atoms. The van der Waals surface area contributed by atoms with E-state index in [9.17, 15) is 0 Å². The third kappa shape index (κ3) is 1.75. The van der Waals surface area contributed by atoms with Crippen molar-refractivity contribution in [3.63, 3.8) is 0 Å². The van der Waals surface area contributed by atoms with E-state index in [1.165, 1.54) is 18.6 Å². The average molecular weight is 199 g/mol. The predicted octanol–water partition coefficient (Wildman–Crippen LogP) is 2.86. The number of nitrogens with one attached hydrogen (secondary N) is 1. The molecular weight excluding hydrogens is 178 g/mol. The summed E-state index contributed by atoms with van der Waals surface area (Å²) in [5, 5.41) is 3.77. The van der Waals surface area contributed by atoms with Gasteiger partial charge in [-0.25, -0.2) is 0 Å². The quantitative estimate of drug-likeness (QED) is 0.697. The Balaban J connectivity index is 2.04. The summed E-state index contributed by atoms with van der Waals surface area (Å²) in [6, 6.07) is 0.711. The first-order chi connectivity index (χ1) is 5.94. The van der Waals surface area contributed by atoms with E-state index in [0.717, 1.165) is 5.92 Å². The molecule has 1 heterocycles. The first-order valence-corrected chi connectivity index (χ1v) is 6.34. The second-order valence-corrected chi connectivity index (χ2v) is 7.08. The van der Waals surface area contributed by atoms with Crippen molar-refractivity contribution in [1.82, 2.24) is 5.32 Å². The van der Waals surface area contributed by atoms with Gasteiger partial charge >= 0.3 is 0 Å². The highest BCUT2D eigenvalue weighted by Gasteiger charge is 2.56. The summed E-state index contributed by atoms with van der Waals surface area (Å²) in [4.78, 5) is 0.362. The molecule has 0 amide bonds. The van der Waals surface area contributed by atoms with Crippen LogP contribution in [0, 0.1) is 11.3 Å². The van der Waals surface area contributed by atoms with Gasteiger partial charge < -0.3 is 5.32 Å². The minimum atomic E-state index is 0.362. The molecule has 2 heteroatoms. The Morgan fingerprint density at radius 1 is 1.31 bits per heavy atom. The van der Waals surface area contributed by atoms with Gasteiger partial charge in [-0.3, -0.25) is 0 Å². The van der Waals surface area contributed by atoms with Gasteiger partial charge in [0.2, 0.25) is 0 Å². The summed E-state index contributed by atoms with van der Waals surface area (Å²) in [6.45, 7) is 9.49. The zero-order valence-electron chi connectivity index (χ0n) is 9.18. The van der Waals surface area contributed by atoms with E-state index in [2.05, 4.69) is 44.8 Å². The third-order valence-corrected chi connectivity index (χ3v) is 5.11. The van der Waals surface area contributed by atoms with Crippen LogP contribution in [0.15, 0.2) is 0 Å². The molecule has 0 spiro atoms. The Morgan fingerprint density at radius 3 is 2.38 bits per heavy atom. The molecule has 2 fully saturated rings. The molecule has 1 N–H and O–H groups in total. The fourth-order valence-electron chi connectivity index (χ4n) is 2.66. The summed E-state index contributed by atoms with van der Waals surface area (Å²) in [5.41, 5.74) is 0.589. The topological polar surface area (TPSA) is 12.0 Å². The monoisotopic (exact) mass is 199 g/mol. The minimum Gasteiger partial charge on any atom is -0.300 e. The van der Waals surface area contributed by atoms with Crippen LogP contribution >= 0.6 is 11.8 Å². The lowest BCUT2D eigenvalue weighted by Gasteiger charge is -2.39. The average Bonchev–Trinajstić information content (AvgIpc) is 2.60. The summed E-state index contributed by atoms with van der Waals surface area (Å²) in [6.07, 6.45) is 2.73. The highest BCUT2D eigenvalue weighted by Crippen LogP contribution is 2.60. The van der Waals surface area contributed by atoms with Crippen molar-refractivity contribution in [2.75, 3.05) is 5.75 Å². The second kappa shape index (κ2) is 2.90. The van der Waals surface area contributed by atoms with Crippen LogP contribution in [0.5, 0.6) is 0 Å². The van der Waals surface area contributed by atoms with Crippen molar-refractivity contribution in [2.24, 2.45) is 11.3 Å². The van der Waals surface area contributed by atoms with Gasteiger partial charge in [0.15, 0.2) is 0 Å². The standard InChI is InChI=1S/C11H21NS/c1-8-5-6-13-11(4,12-8)9-7-10(9,2)3/h8-9,12H,5-7H2,1-4H3. The van der Waals surface area contributed by atoms with Gasteiger partial charge in [0.05, 0.1) is 4.87 Å². The molecule has 0 bridgehead atoms. The lowest BCUT2D eigenvalue weighted by atomic mass is 10.0. The molecular formula is C11H21NS. The van der Waals surface area contributed by atoms with Crippen LogP contribution in [0.25, 0.3) is 0 Å². The lowest BCUT2D eigenvalue weighted by Crippen LogP contribution is -2.50. The molecule has 1 saturated heterocycles. The molecule has 3 atom stereocenters. The van der Waals surface area contributed by atoms with Gasteiger partial charge in [-0.15, -0.1) is 11.8 Å². The van der Waals surface area contributed by atoms with Gasteiger partial charge in [0.1, 0.15) is 0 Å². The lowest BCUT2D eigenvalue weighted by molar-refractivity contribution is 0.340. The van der Waals surface area contributed by atoms with Crippen LogP contribution in [0.2, 0.25) is 0 Å². The van der Waals surface area contributed by atoms with Crippen LogP contribution in [0.3, 0.4) is 0 Å². The van der Waals surface area contributed by atoms with E-state index in [-0.39, 0.29) is 0 Å². The van der Waals surface area contributed by atoms with Crippen molar-refractivity contribution in [3.05, 3.63) is 0 Å². The van der Waals surface area contributed by atoms with E-state index in [1.54, 1.807) is 0 Å². The molecule has 76 valence electrons. The smallest absolute Gasteiger partial charge is 0.0652 e. The fraction of sp³-hybridized carbons (Fsp3) is 1.00. The second-order valence-electron chi connectivity index (χ2n) is 5.53. The van der Waals surface area contributed by atoms with Crippen LogP contribution in [0.4, 0.5) is 0 Å². The van der Waals surface area contributed by atoms with E-state index >= 15 is 0 Å². The van der Waals surface area contributed by atoms with Gasteiger partial charge in [-0.05, 0) is 43.8 Å². The van der Waals surface area contributed by atoms with Crippen LogP contribution < -0.4 is 5.32 Å². The van der Waals surface area contributed by atoms with E-state index < -0.39 is 0 Å². The minimum absolute atomic E-state index is 0.362. The number of hydrogen-bond donors (Lipinski definition) is 1. The normalized spacial score (nSPS) is 48.9. The Kier molecular flexibility index (Phi) is 2.20. The van der Waals surface area contributed by atoms with Crippen molar-refractivity contribution in [1.29, 1.82) is 0 Å². The number of rotatable bonds is 1. The first kappa shape index (κ1) is 9.85. The molecule has 0 aromatic rings. The maximum Gasteiger partial charge on any atom is 0.0652 e. The predicted molar refractivity (Wildman–Crippen MR) is 60.0 cm³/mol. The van der Waals surface area contributed by atoms with Gasteiger partial charge in [0.25, 0.3) is 0 Å². The van der Waals surface area contributed by atoms with Crippen LogP contribution in [0.1, 0.15) is 40.5 Å². The third-order valence-electron chi connectivity index (χ3n) is 3.66. The Morgan fingerprint density at radius 2 is 1.92 bits per heavy atom. The Bertz CT molecular complexity index is 214. The molecule has 1 aliphatic heterocycles. The van der Waals surface area contributed by atoms with Crippen molar-refractivity contribution >= 4 is 11.8 Å². The molecule has 1 nitrogen and oxygen atoms in total. The number of thioether (sulfide) groups is 1. The molecule has 0 radical (unpaired) electrons.